The number of ketones is 1. The quantitative estimate of drug-likeness (QED) is 0.00999. The fourth-order valence-corrected chi connectivity index (χ4v) is 19.8. The molecule has 0 saturated carbocycles. The lowest BCUT2D eigenvalue weighted by Gasteiger charge is -2.44. The molecule has 146 heavy (non-hydrogen) atoms. The van der Waals surface area contributed by atoms with E-state index >= 15 is 0 Å². The minimum Gasteiger partial charge on any atom is -0.867 e. The van der Waals surface area contributed by atoms with Gasteiger partial charge in [-0.1, -0.05) is 64.8 Å². The molecule has 39 heteroatoms. The lowest BCUT2D eigenvalue weighted by Crippen LogP contribution is -2.46. The molecule has 6 aliphatic rings. The van der Waals surface area contributed by atoms with Gasteiger partial charge in [0.2, 0.25) is 0 Å². The summed E-state index contributed by atoms with van der Waals surface area (Å²) in [4.78, 5) is 173. The van der Waals surface area contributed by atoms with Crippen LogP contribution in [-0.4, -0.2) is 148 Å². The average Bonchev–Trinajstić information content (AvgIpc) is 1.53. The van der Waals surface area contributed by atoms with Gasteiger partial charge in [0.1, 0.15) is 22.3 Å². The number of benzene rings is 4. The molecule has 12 aromatic rings. The molecule has 33 nitrogen and oxygen atoms in total. The van der Waals surface area contributed by atoms with E-state index < -0.39 is 96.4 Å². The number of carboxylic acid groups (broad SMARTS) is 1. The van der Waals surface area contributed by atoms with Gasteiger partial charge in [-0.25, -0.2) is 33.1 Å². The zero-order valence-electron chi connectivity index (χ0n) is 82.1. The highest BCUT2D eigenvalue weighted by Crippen LogP contribution is 2.52. The van der Waals surface area contributed by atoms with Gasteiger partial charge < -0.3 is 71.9 Å². The summed E-state index contributed by atoms with van der Waals surface area (Å²) in [5, 5.41) is 24.3. The molecule has 764 valence electrons. The molecule has 4 aromatic carbocycles. The number of carboxylic acids is 1. The van der Waals surface area contributed by atoms with Crippen LogP contribution >= 0.6 is 15.6 Å². The molecule has 0 unspecified atom stereocenters. The second-order valence-corrected chi connectivity index (χ2v) is 40.7. The number of halogens is 4. The normalized spacial score (nSPS) is 16.7. The van der Waals surface area contributed by atoms with Gasteiger partial charge in [0.05, 0.1) is 57.6 Å². The van der Waals surface area contributed by atoms with Crippen molar-refractivity contribution in [1.82, 2.24) is 20.0 Å². The molecule has 0 radical (unpaired) electrons. The number of pyridine rings is 4. The zero-order valence-corrected chi connectivity index (χ0v) is 83.9. The summed E-state index contributed by atoms with van der Waals surface area (Å²) >= 11 is 0. The maximum Gasteiger partial charge on any atom is 0.469 e. The van der Waals surface area contributed by atoms with Crippen molar-refractivity contribution in [2.75, 3.05) is 59.0 Å². The Morgan fingerprint density at radius 3 is 0.993 bits per heavy atom. The van der Waals surface area contributed by atoms with Gasteiger partial charge >= 0.3 is 67.7 Å². The third-order valence-electron chi connectivity index (χ3n) is 26.4. The van der Waals surface area contributed by atoms with E-state index in [9.17, 15) is 94.5 Å². The summed E-state index contributed by atoms with van der Waals surface area (Å²) in [5.74, 6) is -17.5. The van der Waals surface area contributed by atoms with Crippen LogP contribution < -0.4 is 51.8 Å². The zero-order chi connectivity index (χ0) is 105. The summed E-state index contributed by atoms with van der Waals surface area (Å²) in [6, 6.07) is 34.9. The highest BCUT2D eigenvalue weighted by atomic mass is 31.2. The number of anilines is 4. The van der Waals surface area contributed by atoms with Gasteiger partial charge in [0, 0.05) is 203 Å². The van der Waals surface area contributed by atoms with Crippen molar-refractivity contribution in [2.24, 2.45) is 0 Å². The van der Waals surface area contributed by atoms with Crippen molar-refractivity contribution in [3.63, 3.8) is 0 Å². The highest BCUT2D eigenvalue weighted by Gasteiger charge is 2.71. The number of carbonyl (C=O) groups excluding carboxylic acids is 4. The summed E-state index contributed by atoms with van der Waals surface area (Å²) in [5.41, 5.74) is 10.9. The number of phosphoric acid groups is 2. The SMILES string of the molecule is CC1(C)C=C(COP(=O)(O)O)c2cc3cc(-c4ccncc4)c(=O)oc3cc2N1CCCC(=O)O.CC1(C)C=C(COP(=O)(O)O)c2cc3cc(-c4ccncc4)c(=O)oc3cc2N1CCCC(=O)ON1C(=O)CCC1=O.CCCCN1c2cc3oc(=O)c(-c4cc[n+](C5=C([O-])C(F)(F)C(F)(F)C5=O)cc4)cc3cc2C(CC)=CC1(C)C.CCCCN1c2cc3oc(=O)c(-c4ccncc4)cc3cc2C(CC)=CC1(C)C. The Kier molecular flexibility index (Phi) is 30.5. The van der Waals surface area contributed by atoms with Crippen molar-refractivity contribution in [2.45, 2.75) is 194 Å². The number of rotatable bonds is 28. The molecule has 1 fully saturated rings. The van der Waals surface area contributed by atoms with Crippen LogP contribution in [0.25, 0.3) is 116 Å². The van der Waals surface area contributed by atoms with Crippen molar-refractivity contribution in [3.05, 3.63) is 265 Å². The first-order valence-corrected chi connectivity index (χ1v) is 50.6. The van der Waals surface area contributed by atoms with Crippen LogP contribution in [0, 0.1) is 0 Å². The lowest BCUT2D eigenvalue weighted by molar-refractivity contribution is -0.582. The van der Waals surface area contributed by atoms with E-state index in [1.807, 2.05) is 80.0 Å². The van der Waals surface area contributed by atoms with Crippen LogP contribution in [0.5, 0.6) is 0 Å². The molecular weight excluding hydrogens is 1930 g/mol. The summed E-state index contributed by atoms with van der Waals surface area (Å²) in [7, 11) is -9.50. The first kappa shape index (κ1) is 106. The number of phosphoric ester groups is 2. The lowest BCUT2D eigenvalue weighted by atomic mass is 9.86. The number of aliphatic carboxylic acids is 1. The van der Waals surface area contributed by atoms with Gasteiger partial charge in [-0.3, -0.25) is 43.2 Å². The van der Waals surface area contributed by atoms with Crippen molar-refractivity contribution in [1.29, 1.82) is 0 Å². The Balaban J connectivity index is 0.000000147. The standard InChI is InChI=1S/C30H28F4N2O4.C28H28N3O10P.C25H28N2O2.C24H25N2O8P/c1-5-7-10-36-22-15-23-19(13-20(22)17(6-2)16-28(36,3)4)14-21(27(39)40-23)18-8-11-35(12-9-18)24-25(37)29(31,32)30(33,34)26(24)38;1-28(2)15-19(16-39-42(36,37)38)20-12-18-13-21(17-7-9-29-10-8-17)27(35)40-23(18)14-22(20)30(28)11-3-4-26(34)41-31-24(32)5-6-25(31)33;1-5-7-12-27-22-15-23-19(13-20(22)17(6-2)16-25(27,3)4)14-21(24(28)29-23)18-8-10-26-11-9-18;1-24(2)13-17(14-33-35(30,31)32)18-10-16-11-19(15-5-7-25-8-6-15)23(29)34-21(16)12-20(18)26(24)9-3-4-22(27)28/h8-9,11-16H,5-7,10H2,1-4H3;7-10,12-15H,3-6,11,16H2,1-2H3,(H2,36,37,38);8-11,13-16H,5-7,12H2,1-4H3;5-8,10-13H,3-4,9,14H2,1-2H3,(H,27,28)(H2,30,31,32). The third-order valence-corrected chi connectivity index (χ3v) is 27.3. The number of imide groups is 1. The number of carbonyl (C=O) groups is 5. The van der Waals surface area contributed by atoms with E-state index in [2.05, 4.69) is 104 Å². The van der Waals surface area contributed by atoms with Crippen LogP contribution in [0.1, 0.15) is 182 Å². The van der Waals surface area contributed by atoms with Gasteiger partial charge in [-0.2, -0.15) is 22.1 Å². The van der Waals surface area contributed by atoms with Gasteiger partial charge in [-0.05, 0) is 218 Å². The molecule has 1 saturated heterocycles. The minimum atomic E-state index is -5.13. The van der Waals surface area contributed by atoms with Crippen molar-refractivity contribution >= 4 is 140 Å². The third kappa shape index (κ3) is 22.4. The molecular formula is C107H109F4N9O24P2. The van der Waals surface area contributed by atoms with E-state index in [1.165, 1.54) is 28.8 Å². The first-order chi connectivity index (χ1) is 68.9. The van der Waals surface area contributed by atoms with E-state index in [4.69, 9.17) is 36.7 Å². The minimum absolute atomic E-state index is 0.000597. The van der Waals surface area contributed by atoms with Crippen LogP contribution in [0.15, 0.2) is 238 Å². The molecule has 0 bridgehead atoms. The number of hydrogen-bond donors (Lipinski definition) is 5. The number of amides is 2. The number of unbranched alkanes of at least 4 members (excludes halogenated alkanes) is 2. The molecule has 13 heterocycles. The van der Waals surface area contributed by atoms with E-state index in [1.54, 1.807) is 104 Å². The van der Waals surface area contributed by atoms with Crippen LogP contribution in [-0.2, 0) is 47.0 Å². The molecule has 5 N–H and O–H groups in total. The Morgan fingerprint density at radius 1 is 0.418 bits per heavy atom. The second kappa shape index (κ2) is 42.0. The predicted octanol–water partition coefficient (Wildman–Crippen LogP) is 18.5. The van der Waals surface area contributed by atoms with Crippen molar-refractivity contribution < 1.29 is 117 Å². The Labute approximate surface area is 834 Å². The van der Waals surface area contributed by atoms with Gasteiger partial charge in [-0.15, -0.1) is 5.06 Å². The topological polar surface area (TPSA) is 451 Å². The Morgan fingerprint density at radius 2 is 0.705 bits per heavy atom. The second-order valence-electron chi connectivity index (χ2n) is 38.3. The van der Waals surface area contributed by atoms with Crippen molar-refractivity contribution in [3.8, 4) is 44.5 Å². The Hall–Kier alpha value is -14.3. The maximum atomic E-state index is 13.7. The molecule has 0 atom stereocenters. The van der Waals surface area contributed by atoms with Crippen LogP contribution in [0.4, 0.5) is 40.3 Å². The van der Waals surface area contributed by atoms with Gasteiger partial charge in [0.15, 0.2) is 12.4 Å². The summed E-state index contributed by atoms with van der Waals surface area (Å²) in [6.45, 7) is 26.8. The predicted molar refractivity (Wildman–Crippen MR) is 541 cm³/mol. The molecule has 1 aliphatic carbocycles. The number of alkyl halides is 4. The van der Waals surface area contributed by atoms with E-state index in [0.717, 1.165) is 91.9 Å². The molecule has 2 amide bonds. The number of hydrogen-bond acceptors (Lipinski definition) is 26. The largest absolute Gasteiger partial charge is 0.867 e. The smallest absolute Gasteiger partial charge is 0.469 e. The fraction of sp³-hybridized carbons (Fsp3) is 0.336. The Bertz CT molecular complexity index is 7680. The summed E-state index contributed by atoms with van der Waals surface area (Å²) < 4.78 is 111. The summed E-state index contributed by atoms with van der Waals surface area (Å²) in [6.07, 6.45) is 26.6. The average molecular weight is 2040 g/mol. The number of aromatic nitrogens is 4. The molecule has 0 spiro atoms. The molecule has 18 rings (SSSR count). The number of allylic oxidation sites excluding steroid dienone is 4. The highest BCUT2D eigenvalue weighted by molar-refractivity contribution is 7.46. The number of nitrogens with zero attached hydrogens (tertiary/aromatic N) is 9. The molecule has 5 aliphatic heterocycles. The van der Waals surface area contributed by atoms with Crippen LogP contribution in [0.3, 0.4) is 0 Å². The maximum absolute atomic E-state index is 13.7. The van der Waals surface area contributed by atoms with Crippen LogP contribution in [0.2, 0.25) is 0 Å². The number of Topliss-reactive ketones (excluding diaryl/α,β-unsaturated/α-hetero) is 1. The number of fused-ring (bicyclic) bond motifs is 8. The first-order valence-electron chi connectivity index (χ1n) is 47.6. The fourth-order valence-electron chi connectivity index (χ4n) is 19.2. The monoisotopic (exact) mass is 2040 g/mol. The van der Waals surface area contributed by atoms with E-state index in [-0.39, 0.29) is 67.6 Å². The van der Waals surface area contributed by atoms with Gasteiger partial charge in [0.25, 0.3) is 17.5 Å². The molecule has 8 aromatic heterocycles. The van der Waals surface area contributed by atoms with E-state index in [0.29, 0.717) is 135 Å². The number of hydroxylamine groups is 2.